The summed E-state index contributed by atoms with van der Waals surface area (Å²) in [6.07, 6.45) is 4.03. The van der Waals surface area contributed by atoms with Crippen molar-refractivity contribution in [2.45, 2.75) is 31.3 Å². The highest BCUT2D eigenvalue weighted by atomic mass is 16.6. The molecule has 2 N–H and O–H groups in total. The number of carbonyl (C=O) groups is 1. The van der Waals surface area contributed by atoms with E-state index in [1.807, 2.05) is 0 Å². The van der Waals surface area contributed by atoms with Crippen LogP contribution in [0.2, 0.25) is 0 Å². The van der Waals surface area contributed by atoms with Crippen molar-refractivity contribution in [2.24, 2.45) is 0 Å². The van der Waals surface area contributed by atoms with Crippen LogP contribution in [0.15, 0.2) is 0 Å². The van der Waals surface area contributed by atoms with Crippen molar-refractivity contribution < 1.29 is 9.53 Å². The van der Waals surface area contributed by atoms with Crippen LogP contribution in [0.4, 0.5) is 4.79 Å². The van der Waals surface area contributed by atoms with E-state index >= 15 is 0 Å². The van der Waals surface area contributed by atoms with Gasteiger partial charge in [-0.3, -0.25) is 5.43 Å². The summed E-state index contributed by atoms with van der Waals surface area (Å²) in [5.41, 5.74) is 5.09. The molecular weight excluding hydrogens is 144 g/mol. The fourth-order valence-electron chi connectivity index (χ4n) is 1.83. The standard InChI is InChI=1S/C7H12N2O2/c10-6-9-8-5-7(11-6)3-1-2-4-7/h8H,1-5H2,(H,9,10). The van der Waals surface area contributed by atoms with E-state index in [1.54, 1.807) is 0 Å². The zero-order chi connectivity index (χ0) is 7.73. The van der Waals surface area contributed by atoms with Gasteiger partial charge in [-0.25, -0.2) is 10.2 Å². The first-order valence-corrected chi connectivity index (χ1v) is 4.03. The summed E-state index contributed by atoms with van der Waals surface area (Å²) in [4.78, 5) is 10.8. The zero-order valence-corrected chi connectivity index (χ0v) is 6.35. The molecule has 2 fully saturated rings. The molecule has 0 aromatic rings. The number of amides is 1. The molecule has 0 bridgehead atoms. The van der Waals surface area contributed by atoms with Crippen LogP contribution >= 0.6 is 0 Å². The predicted molar refractivity (Wildman–Crippen MR) is 38.8 cm³/mol. The van der Waals surface area contributed by atoms with E-state index < -0.39 is 0 Å². The third kappa shape index (κ3) is 1.18. The highest BCUT2D eigenvalue weighted by Gasteiger charge is 2.39. The first kappa shape index (κ1) is 6.91. The van der Waals surface area contributed by atoms with Crippen molar-refractivity contribution in [2.75, 3.05) is 6.54 Å². The number of rotatable bonds is 0. The summed E-state index contributed by atoms with van der Waals surface area (Å²) >= 11 is 0. The largest absolute Gasteiger partial charge is 0.441 e. The van der Waals surface area contributed by atoms with Gasteiger partial charge in [0.1, 0.15) is 5.60 Å². The molecule has 1 heterocycles. The lowest BCUT2D eigenvalue weighted by Crippen LogP contribution is -2.56. The summed E-state index contributed by atoms with van der Waals surface area (Å²) < 4.78 is 5.22. The lowest BCUT2D eigenvalue weighted by molar-refractivity contribution is -0.00974. The van der Waals surface area contributed by atoms with Crippen LogP contribution in [-0.2, 0) is 4.74 Å². The summed E-state index contributed by atoms with van der Waals surface area (Å²) in [6, 6.07) is 0. The summed E-state index contributed by atoms with van der Waals surface area (Å²) in [5.74, 6) is 0. The van der Waals surface area contributed by atoms with Crippen LogP contribution < -0.4 is 10.9 Å². The maximum absolute atomic E-state index is 10.8. The molecule has 0 radical (unpaired) electrons. The number of hydrazine groups is 1. The fourth-order valence-corrected chi connectivity index (χ4v) is 1.83. The third-order valence-corrected chi connectivity index (χ3v) is 2.42. The van der Waals surface area contributed by atoms with Crippen molar-refractivity contribution in [3.05, 3.63) is 0 Å². The normalized spacial score (nSPS) is 28.2. The molecule has 2 rings (SSSR count). The van der Waals surface area contributed by atoms with Gasteiger partial charge in [-0.2, -0.15) is 0 Å². The molecule has 0 aromatic heterocycles. The van der Waals surface area contributed by atoms with Crippen LogP contribution in [0.1, 0.15) is 25.7 Å². The Morgan fingerprint density at radius 1 is 1.36 bits per heavy atom. The van der Waals surface area contributed by atoms with Crippen LogP contribution in [0.25, 0.3) is 0 Å². The van der Waals surface area contributed by atoms with Crippen molar-refractivity contribution in [3.63, 3.8) is 0 Å². The smallest absolute Gasteiger partial charge is 0.422 e. The Balaban J connectivity index is 2.05. The van der Waals surface area contributed by atoms with Gasteiger partial charge >= 0.3 is 6.09 Å². The molecule has 0 aromatic carbocycles. The molecule has 1 aliphatic carbocycles. The van der Waals surface area contributed by atoms with Gasteiger partial charge in [0.25, 0.3) is 0 Å². The summed E-state index contributed by atoms with van der Waals surface area (Å²) in [6.45, 7) is 0.749. The number of ether oxygens (including phenoxy) is 1. The van der Waals surface area contributed by atoms with E-state index in [2.05, 4.69) is 10.9 Å². The minimum Gasteiger partial charge on any atom is -0.441 e. The van der Waals surface area contributed by atoms with Gasteiger partial charge < -0.3 is 4.74 Å². The second kappa shape index (κ2) is 2.37. The van der Waals surface area contributed by atoms with Gasteiger partial charge in [0.2, 0.25) is 0 Å². The lowest BCUT2D eigenvalue weighted by atomic mass is 10.0. The molecular formula is C7H12N2O2. The Labute approximate surface area is 65.3 Å². The second-order valence-corrected chi connectivity index (χ2v) is 3.26. The first-order chi connectivity index (χ1) is 5.31. The minimum atomic E-state index is -0.335. The quantitative estimate of drug-likeness (QED) is 0.538. The van der Waals surface area contributed by atoms with Crippen molar-refractivity contribution in [1.29, 1.82) is 0 Å². The van der Waals surface area contributed by atoms with Gasteiger partial charge in [0.05, 0.1) is 6.54 Å². The molecule has 11 heavy (non-hydrogen) atoms. The first-order valence-electron chi connectivity index (χ1n) is 4.03. The molecule has 4 heteroatoms. The highest BCUT2D eigenvalue weighted by molar-refractivity contribution is 5.68. The van der Waals surface area contributed by atoms with Gasteiger partial charge in [-0.05, 0) is 25.7 Å². The molecule has 62 valence electrons. The molecule has 1 saturated carbocycles. The second-order valence-electron chi connectivity index (χ2n) is 3.26. The molecule has 1 saturated heterocycles. The Hall–Kier alpha value is -0.770. The monoisotopic (exact) mass is 156 g/mol. The van der Waals surface area contributed by atoms with Crippen molar-refractivity contribution >= 4 is 6.09 Å². The molecule has 4 nitrogen and oxygen atoms in total. The third-order valence-electron chi connectivity index (χ3n) is 2.42. The van der Waals surface area contributed by atoms with Gasteiger partial charge in [-0.15, -0.1) is 0 Å². The average molecular weight is 156 g/mol. The molecule has 1 spiro atoms. The summed E-state index contributed by atoms with van der Waals surface area (Å²) in [7, 11) is 0. The topological polar surface area (TPSA) is 50.4 Å². The molecule has 0 unspecified atom stereocenters. The lowest BCUT2D eigenvalue weighted by Gasteiger charge is -2.33. The number of carbonyl (C=O) groups excluding carboxylic acids is 1. The van der Waals surface area contributed by atoms with E-state index in [-0.39, 0.29) is 11.7 Å². The predicted octanol–water partition coefficient (Wildman–Crippen LogP) is 0.544. The maximum atomic E-state index is 10.8. The van der Waals surface area contributed by atoms with Gasteiger partial charge in [0, 0.05) is 0 Å². The van der Waals surface area contributed by atoms with E-state index in [9.17, 15) is 4.79 Å². The number of nitrogens with one attached hydrogen (secondary N) is 2. The van der Waals surface area contributed by atoms with Crippen LogP contribution in [0.3, 0.4) is 0 Å². The number of hydrogen-bond acceptors (Lipinski definition) is 3. The zero-order valence-electron chi connectivity index (χ0n) is 6.35. The highest BCUT2D eigenvalue weighted by Crippen LogP contribution is 2.33. The molecule has 2 aliphatic rings. The minimum absolute atomic E-state index is 0.178. The SMILES string of the molecule is O=C1NNCC2(CCCC2)O1. The van der Waals surface area contributed by atoms with Gasteiger partial charge in [0.15, 0.2) is 0 Å². The van der Waals surface area contributed by atoms with E-state index in [4.69, 9.17) is 4.74 Å². The molecule has 0 atom stereocenters. The Bertz CT molecular complexity index is 175. The maximum Gasteiger partial charge on any atom is 0.422 e. The van der Waals surface area contributed by atoms with E-state index in [1.165, 1.54) is 12.8 Å². The Morgan fingerprint density at radius 2 is 2.09 bits per heavy atom. The Morgan fingerprint density at radius 3 is 2.73 bits per heavy atom. The summed E-state index contributed by atoms with van der Waals surface area (Å²) in [5, 5.41) is 0. The number of hydrogen-bond donors (Lipinski definition) is 2. The average Bonchev–Trinajstić information content (AvgIpc) is 2.37. The fraction of sp³-hybridized carbons (Fsp3) is 0.857. The Kier molecular flexibility index (Phi) is 1.49. The van der Waals surface area contributed by atoms with Crippen molar-refractivity contribution in [1.82, 2.24) is 10.9 Å². The molecule has 1 amide bonds. The van der Waals surface area contributed by atoms with Crippen molar-refractivity contribution in [3.8, 4) is 0 Å². The van der Waals surface area contributed by atoms with E-state index in [0.29, 0.717) is 0 Å². The van der Waals surface area contributed by atoms with Crippen LogP contribution in [0, 0.1) is 0 Å². The van der Waals surface area contributed by atoms with E-state index in [0.717, 1.165) is 19.4 Å². The van der Waals surface area contributed by atoms with Gasteiger partial charge in [-0.1, -0.05) is 0 Å². The van der Waals surface area contributed by atoms with Crippen LogP contribution in [-0.4, -0.2) is 18.2 Å². The molecule has 1 aliphatic heterocycles. The van der Waals surface area contributed by atoms with Crippen LogP contribution in [0.5, 0.6) is 0 Å².